The summed E-state index contributed by atoms with van der Waals surface area (Å²) in [6, 6.07) is 9.92. The number of nitro groups is 1. The second kappa shape index (κ2) is 8.98. The molecular weight excluding hydrogens is 442 g/mol. The molecule has 0 aliphatic rings. The molecule has 0 radical (unpaired) electrons. The Kier molecular flexibility index (Phi) is 6.09. The Morgan fingerprint density at radius 1 is 1.03 bits per heavy atom. The van der Waals surface area contributed by atoms with E-state index in [1.165, 1.54) is 11.8 Å². The van der Waals surface area contributed by atoms with Gasteiger partial charge in [-0.2, -0.15) is 20.0 Å². The Balaban J connectivity index is 1.58. The van der Waals surface area contributed by atoms with Crippen molar-refractivity contribution in [3.05, 3.63) is 74.6 Å². The first-order chi connectivity index (χ1) is 15.8. The first kappa shape index (κ1) is 22.4. The molecule has 0 bridgehead atoms. The number of thioether (sulfide) groups is 1. The van der Waals surface area contributed by atoms with E-state index >= 15 is 0 Å². The van der Waals surface area contributed by atoms with Gasteiger partial charge in [0.05, 0.1) is 34.1 Å². The Morgan fingerprint density at radius 2 is 1.76 bits per heavy atom. The van der Waals surface area contributed by atoms with E-state index in [1.54, 1.807) is 29.4 Å². The molecule has 0 saturated heterocycles. The van der Waals surface area contributed by atoms with Gasteiger partial charge in [0, 0.05) is 5.56 Å². The molecule has 11 nitrogen and oxygen atoms in total. The molecule has 0 aliphatic carbocycles. The highest BCUT2D eigenvalue weighted by atomic mass is 32.2. The number of aromatic nitrogens is 7. The number of para-hydroxylation sites is 1. The van der Waals surface area contributed by atoms with Gasteiger partial charge in [-0.05, 0) is 46.8 Å². The minimum Gasteiger partial charge on any atom is -0.258 e. The van der Waals surface area contributed by atoms with E-state index in [4.69, 9.17) is 0 Å². The lowest BCUT2D eigenvalue weighted by atomic mass is 10.2. The van der Waals surface area contributed by atoms with Crippen LogP contribution in [0.1, 0.15) is 34.2 Å². The van der Waals surface area contributed by atoms with Gasteiger partial charge in [0.1, 0.15) is 11.4 Å². The minimum absolute atomic E-state index is 0.0349. The lowest BCUT2D eigenvalue weighted by molar-refractivity contribution is -0.386. The minimum atomic E-state index is -0.407. The van der Waals surface area contributed by atoms with Crippen LogP contribution < -0.4 is 0 Å². The number of rotatable bonds is 7. The van der Waals surface area contributed by atoms with E-state index in [9.17, 15) is 10.1 Å². The molecule has 0 saturated carbocycles. The van der Waals surface area contributed by atoms with Gasteiger partial charge in [0.25, 0.3) is 0 Å². The molecule has 0 aliphatic heterocycles. The van der Waals surface area contributed by atoms with Gasteiger partial charge in [-0.1, -0.05) is 30.0 Å². The van der Waals surface area contributed by atoms with Gasteiger partial charge in [0.15, 0.2) is 5.82 Å². The predicted molar refractivity (Wildman–Crippen MR) is 125 cm³/mol. The molecule has 4 rings (SSSR count). The average Bonchev–Trinajstić information content (AvgIpc) is 3.38. The molecule has 0 N–H and O–H groups in total. The smallest absolute Gasteiger partial charge is 0.258 e. The molecule has 0 unspecified atom stereocenters. The van der Waals surface area contributed by atoms with Gasteiger partial charge in [-0.3, -0.25) is 14.8 Å². The quantitative estimate of drug-likeness (QED) is 0.176. The Labute approximate surface area is 194 Å². The van der Waals surface area contributed by atoms with Crippen LogP contribution in [-0.2, 0) is 5.88 Å². The molecule has 3 aromatic heterocycles. The van der Waals surface area contributed by atoms with Crippen LogP contribution in [0.4, 0.5) is 5.69 Å². The van der Waals surface area contributed by atoms with E-state index in [1.807, 2.05) is 55.8 Å². The third-order valence-electron chi connectivity index (χ3n) is 5.26. The summed E-state index contributed by atoms with van der Waals surface area (Å²) in [7, 11) is 0. The lowest BCUT2D eigenvalue weighted by Gasteiger charge is -2.05. The summed E-state index contributed by atoms with van der Waals surface area (Å²) < 4.78 is 5.12. The summed E-state index contributed by atoms with van der Waals surface area (Å²) in [6.45, 7) is 9.07. The number of nitrogens with zero attached hydrogens (tertiary/aromatic N) is 9. The van der Waals surface area contributed by atoms with Gasteiger partial charge in [0.2, 0.25) is 5.16 Å². The number of aryl methyl sites for hydroxylation is 3. The number of hydrogen-bond donors (Lipinski definition) is 0. The van der Waals surface area contributed by atoms with E-state index in [-0.39, 0.29) is 5.69 Å². The molecule has 0 atom stereocenters. The predicted octanol–water partition coefficient (Wildman–Crippen LogP) is 3.74. The summed E-state index contributed by atoms with van der Waals surface area (Å²) in [6.07, 6.45) is 1.76. The zero-order valence-corrected chi connectivity index (χ0v) is 19.7. The van der Waals surface area contributed by atoms with Crippen LogP contribution >= 0.6 is 11.8 Å². The summed E-state index contributed by atoms with van der Waals surface area (Å²) >= 11 is 1.35. The highest BCUT2D eigenvalue weighted by molar-refractivity contribution is 7.98. The molecule has 0 fully saturated rings. The monoisotopic (exact) mass is 465 g/mol. The van der Waals surface area contributed by atoms with Crippen molar-refractivity contribution in [3.8, 4) is 5.69 Å². The highest BCUT2D eigenvalue weighted by Gasteiger charge is 2.22. The first-order valence-corrected chi connectivity index (χ1v) is 11.2. The fourth-order valence-electron chi connectivity index (χ4n) is 3.54. The van der Waals surface area contributed by atoms with Crippen molar-refractivity contribution in [2.75, 3.05) is 0 Å². The Hall–Kier alpha value is -3.80. The SMILES string of the molecule is Cc1nn(-c2ccccc2)c(C)c1C=Nn1c(C)nnc1SCn1nc(C)c([N+](=O)[O-])c1C. The van der Waals surface area contributed by atoms with Crippen molar-refractivity contribution in [2.24, 2.45) is 5.10 Å². The summed E-state index contributed by atoms with van der Waals surface area (Å²) in [5.41, 5.74) is 4.64. The highest BCUT2D eigenvalue weighted by Crippen LogP contribution is 2.26. The molecule has 170 valence electrons. The maximum Gasteiger partial charge on any atom is 0.312 e. The number of hydrogen-bond acceptors (Lipinski definition) is 8. The van der Waals surface area contributed by atoms with E-state index in [0.717, 1.165) is 22.6 Å². The molecule has 4 aromatic rings. The standard InChI is InChI=1S/C21H23N9O2S/c1-13-19(15(3)28(26-13)18-9-7-6-8-10-18)11-22-29-17(5)23-24-21(29)33-12-27-16(4)20(30(31)32)14(2)25-27/h6-11H,12H2,1-5H3. The normalized spacial score (nSPS) is 11.5. The third-order valence-corrected chi connectivity index (χ3v) is 6.15. The maximum absolute atomic E-state index is 11.2. The zero-order chi connectivity index (χ0) is 23.7. The van der Waals surface area contributed by atoms with Crippen LogP contribution in [0.5, 0.6) is 0 Å². The molecule has 0 amide bonds. The van der Waals surface area contributed by atoms with Crippen molar-refractivity contribution in [3.63, 3.8) is 0 Å². The van der Waals surface area contributed by atoms with Crippen LogP contribution in [0.2, 0.25) is 0 Å². The van der Waals surface area contributed by atoms with Crippen LogP contribution in [0.3, 0.4) is 0 Å². The van der Waals surface area contributed by atoms with Crippen molar-refractivity contribution < 1.29 is 4.92 Å². The van der Waals surface area contributed by atoms with Crippen molar-refractivity contribution in [2.45, 2.75) is 45.7 Å². The van der Waals surface area contributed by atoms with Gasteiger partial charge in [-0.15, -0.1) is 10.2 Å². The largest absolute Gasteiger partial charge is 0.312 e. The Morgan fingerprint density at radius 3 is 2.42 bits per heavy atom. The Bertz CT molecular complexity index is 1350. The van der Waals surface area contributed by atoms with Crippen molar-refractivity contribution in [1.29, 1.82) is 0 Å². The van der Waals surface area contributed by atoms with E-state index < -0.39 is 4.92 Å². The van der Waals surface area contributed by atoms with Gasteiger partial charge in [-0.25, -0.2) is 4.68 Å². The van der Waals surface area contributed by atoms with Crippen LogP contribution in [0.15, 0.2) is 40.6 Å². The summed E-state index contributed by atoms with van der Waals surface area (Å²) in [5, 5.41) is 33.7. The molecular formula is C21H23N9O2S. The van der Waals surface area contributed by atoms with Crippen molar-refractivity contribution in [1.82, 2.24) is 34.4 Å². The second-order valence-electron chi connectivity index (χ2n) is 7.47. The molecule has 0 spiro atoms. The molecule has 1 aromatic carbocycles. The lowest BCUT2D eigenvalue weighted by Crippen LogP contribution is -2.03. The molecule has 33 heavy (non-hydrogen) atoms. The topological polar surface area (TPSA) is 122 Å². The van der Waals surface area contributed by atoms with Crippen LogP contribution in [0.25, 0.3) is 5.69 Å². The van der Waals surface area contributed by atoms with E-state index in [0.29, 0.717) is 28.2 Å². The second-order valence-corrected chi connectivity index (χ2v) is 8.38. The van der Waals surface area contributed by atoms with Crippen molar-refractivity contribution >= 4 is 23.7 Å². The fourth-order valence-corrected chi connectivity index (χ4v) is 4.42. The first-order valence-electron chi connectivity index (χ1n) is 10.2. The number of benzene rings is 1. The zero-order valence-electron chi connectivity index (χ0n) is 18.9. The maximum atomic E-state index is 11.2. The summed E-state index contributed by atoms with van der Waals surface area (Å²) in [4.78, 5) is 10.8. The molecule has 12 heteroatoms. The average molecular weight is 466 g/mol. The van der Waals surface area contributed by atoms with Gasteiger partial charge >= 0.3 is 5.69 Å². The van der Waals surface area contributed by atoms with Crippen LogP contribution in [0, 0.1) is 44.7 Å². The molecule has 3 heterocycles. The van der Waals surface area contributed by atoms with Crippen LogP contribution in [-0.4, -0.2) is 45.6 Å². The van der Waals surface area contributed by atoms with E-state index in [2.05, 4.69) is 25.5 Å². The fraction of sp³-hybridized carbons (Fsp3) is 0.286. The summed E-state index contributed by atoms with van der Waals surface area (Å²) in [5.74, 6) is 0.969. The third kappa shape index (κ3) is 4.29. The van der Waals surface area contributed by atoms with Gasteiger partial charge < -0.3 is 0 Å².